The third-order valence-corrected chi connectivity index (χ3v) is 11.2. The Morgan fingerprint density at radius 2 is 1.46 bits per heavy atom. The number of aliphatic hydroxyl groups excluding tert-OH is 1. The van der Waals surface area contributed by atoms with Gasteiger partial charge in [-0.05, 0) is 84.0 Å². The van der Waals surface area contributed by atoms with E-state index in [1.54, 1.807) is 0 Å². The lowest BCUT2D eigenvalue weighted by Crippen LogP contribution is -2.54. The average Bonchev–Trinajstić information content (AvgIpc) is 3.66. The minimum atomic E-state index is -0.0755. The minimum absolute atomic E-state index is 0.0103. The summed E-state index contributed by atoms with van der Waals surface area (Å²) in [4.78, 5) is 5.92. The van der Waals surface area contributed by atoms with Crippen LogP contribution < -0.4 is 24.3 Å². The average molecular weight is 752 g/mol. The number of hydrogen-bond acceptors (Lipinski definition) is 7. The van der Waals surface area contributed by atoms with Gasteiger partial charge in [0.2, 0.25) is 0 Å². The lowest BCUT2D eigenvalue weighted by molar-refractivity contribution is 0.0527. The molecule has 0 fully saturated rings. The Labute approximate surface area is 330 Å². The highest BCUT2D eigenvalue weighted by molar-refractivity contribution is 5.83. The van der Waals surface area contributed by atoms with Gasteiger partial charge in [0.15, 0.2) is 0 Å². The van der Waals surface area contributed by atoms with E-state index in [9.17, 15) is 5.11 Å². The highest BCUT2D eigenvalue weighted by Crippen LogP contribution is 2.35. The number of nitrogens with zero attached hydrogens (tertiary/aromatic N) is 1. The Morgan fingerprint density at radius 3 is 2.18 bits per heavy atom. The van der Waals surface area contributed by atoms with Crippen molar-refractivity contribution in [1.29, 1.82) is 0 Å². The fraction of sp³-hybridized carbons (Fsp3) is 0.333. The largest absolute Gasteiger partial charge is 0.489 e. The normalized spacial score (nSPS) is 18.1. The van der Waals surface area contributed by atoms with Crippen molar-refractivity contribution in [3.8, 4) is 23.0 Å². The molecule has 0 saturated carbocycles. The maximum absolute atomic E-state index is 10.4. The van der Waals surface area contributed by atoms with Crippen molar-refractivity contribution in [2.24, 2.45) is 5.92 Å². The van der Waals surface area contributed by atoms with Gasteiger partial charge in [0.1, 0.15) is 48.4 Å². The Balaban J connectivity index is 0.956. The maximum Gasteiger partial charge on any atom is 0.126 e. The summed E-state index contributed by atoms with van der Waals surface area (Å²) < 4.78 is 25.8. The lowest BCUT2D eigenvalue weighted by atomic mass is 9.92. The van der Waals surface area contributed by atoms with E-state index >= 15 is 0 Å². The van der Waals surface area contributed by atoms with Crippen LogP contribution in [0.4, 0.5) is 0 Å². The highest BCUT2D eigenvalue weighted by atomic mass is 16.5. The molecule has 6 aromatic rings. The summed E-state index contributed by atoms with van der Waals surface area (Å²) >= 11 is 0. The summed E-state index contributed by atoms with van der Waals surface area (Å²) in [6.07, 6.45) is 6.26. The van der Waals surface area contributed by atoms with Crippen molar-refractivity contribution >= 4 is 10.9 Å². The second-order valence-corrected chi connectivity index (χ2v) is 15.2. The summed E-state index contributed by atoms with van der Waals surface area (Å²) in [7, 11) is 0. The van der Waals surface area contributed by atoms with Gasteiger partial charge in [-0.15, -0.1) is 0 Å². The molecule has 8 heteroatoms. The minimum Gasteiger partial charge on any atom is -0.489 e. The smallest absolute Gasteiger partial charge is 0.126 e. The van der Waals surface area contributed by atoms with E-state index in [1.165, 1.54) is 22.1 Å². The van der Waals surface area contributed by atoms with Crippen molar-refractivity contribution in [2.75, 3.05) is 26.2 Å². The SMILES string of the molecule is CC1Cc2ccc(OCc3ccccc3)cc2OC1CNC(CCO)N(CCc1c[nH]c2ccccc12)CC1CCc2ccc(OCc3ccccc3)cc2O1. The monoisotopic (exact) mass is 751 g/mol. The predicted molar refractivity (Wildman–Crippen MR) is 222 cm³/mol. The van der Waals surface area contributed by atoms with Crippen LogP contribution in [0.1, 0.15) is 47.6 Å². The molecule has 4 atom stereocenters. The molecule has 3 heterocycles. The van der Waals surface area contributed by atoms with Crippen LogP contribution in [0.5, 0.6) is 23.0 Å². The third kappa shape index (κ3) is 9.39. The third-order valence-electron chi connectivity index (χ3n) is 11.2. The molecule has 0 bridgehead atoms. The summed E-state index contributed by atoms with van der Waals surface area (Å²) in [5.74, 6) is 3.71. The van der Waals surface area contributed by atoms with Gasteiger partial charge in [-0.1, -0.05) is 97.9 Å². The standard InChI is InChI=1S/C48H53N3O5/c1-34-26-38-18-20-41(54-33-36-12-6-3-7-13-36)28-46(38)56-47(34)30-50-48(23-25-52)51(24-22-39-29-49-44-15-9-8-14-43(39)44)31-42-21-17-37-16-19-40(27-45(37)55-42)53-32-35-10-4-2-5-11-35/h2-16,18-20,27-29,34,42,47-50,52H,17,21-26,30-33H2,1H3. The van der Waals surface area contributed by atoms with Crippen molar-refractivity contribution in [3.05, 3.63) is 155 Å². The zero-order chi connectivity index (χ0) is 38.1. The molecule has 5 aromatic carbocycles. The Morgan fingerprint density at radius 1 is 0.804 bits per heavy atom. The zero-order valence-electron chi connectivity index (χ0n) is 32.2. The van der Waals surface area contributed by atoms with E-state index in [1.807, 2.05) is 60.7 Å². The van der Waals surface area contributed by atoms with Crippen molar-refractivity contribution in [3.63, 3.8) is 0 Å². The number of fused-ring (bicyclic) bond motifs is 3. The summed E-state index contributed by atoms with van der Waals surface area (Å²) in [6.45, 7) is 5.54. The molecule has 3 N–H and O–H groups in total. The number of aromatic amines is 1. The fourth-order valence-electron chi connectivity index (χ4n) is 8.04. The highest BCUT2D eigenvalue weighted by Gasteiger charge is 2.31. The Kier molecular flexibility index (Phi) is 12.2. The van der Waals surface area contributed by atoms with E-state index in [4.69, 9.17) is 18.9 Å². The fourth-order valence-corrected chi connectivity index (χ4v) is 8.04. The van der Waals surface area contributed by atoms with Crippen LogP contribution in [0.15, 0.2) is 128 Å². The second-order valence-electron chi connectivity index (χ2n) is 15.2. The first kappa shape index (κ1) is 37.6. The first-order chi connectivity index (χ1) is 27.6. The number of ether oxygens (including phenoxy) is 4. The number of aliphatic hydroxyl groups is 1. The van der Waals surface area contributed by atoms with Crippen LogP contribution in [0.25, 0.3) is 10.9 Å². The molecular weight excluding hydrogens is 699 g/mol. The molecule has 56 heavy (non-hydrogen) atoms. The first-order valence-corrected chi connectivity index (χ1v) is 20.1. The van der Waals surface area contributed by atoms with Gasteiger partial charge in [0, 0.05) is 55.5 Å². The quantitative estimate of drug-likeness (QED) is 0.0806. The molecule has 2 aliphatic rings. The molecule has 4 unspecified atom stereocenters. The van der Waals surface area contributed by atoms with Gasteiger partial charge in [-0.3, -0.25) is 10.2 Å². The van der Waals surface area contributed by atoms with Crippen LogP contribution in [0.3, 0.4) is 0 Å². The number of rotatable bonds is 17. The molecule has 0 aliphatic carbocycles. The maximum atomic E-state index is 10.4. The summed E-state index contributed by atoms with van der Waals surface area (Å²) in [5.41, 5.74) is 7.11. The number of aromatic nitrogens is 1. The molecule has 290 valence electrons. The van der Waals surface area contributed by atoms with E-state index < -0.39 is 0 Å². The van der Waals surface area contributed by atoms with E-state index in [-0.39, 0.29) is 25.0 Å². The number of nitrogens with one attached hydrogen (secondary N) is 2. The molecular formula is C48H53N3O5. The summed E-state index contributed by atoms with van der Waals surface area (Å²) in [6, 6.07) is 41.4. The van der Waals surface area contributed by atoms with E-state index in [0.717, 1.165) is 78.4 Å². The van der Waals surface area contributed by atoms with Gasteiger partial charge in [0.25, 0.3) is 0 Å². The van der Waals surface area contributed by atoms with Gasteiger partial charge >= 0.3 is 0 Å². The molecule has 2 aliphatic heterocycles. The molecule has 0 spiro atoms. The topological polar surface area (TPSA) is 88.2 Å². The van der Waals surface area contributed by atoms with Crippen molar-refractivity contribution in [2.45, 2.75) is 70.6 Å². The van der Waals surface area contributed by atoms with Crippen LogP contribution in [0, 0.1) is 5.92 Å². The van der Waals surface area contributed by atoms with E-state index in [0.29, 0.717) is 32.1 Å². The van der Waals surface area contributed by atoms with Gasteiger partial charge < -0.3 is 29.0 Å². The van der Waals surface area contributed by atoms with Gasteiger partial charge in [-0.2, -0.15) is 0 Å². The van der Waals surface area contributed by atoms with Crippen LogP contribution in [-0.2, 0) is 32.5 Å². The van der Waals surface area contributed by atoms with Crippen LogP contribution >= 0.6 is 0 Å². The summed E-state index contributed by atoms with van der Waals surface area (Å²) in [5, 5.41) is 15.5. The predicted octanol–water partition coefficient (Wildman–Crippen LogP) is 8.50. The van der Waals surface area contributed by atoms with Crippen molar-refractivity contribution < 1.29 is 24.1 Å². The number of H-pyrrole nitrogens is 1. The zero-order valence-corrected chi connectivity index (χ0v) is 32.2. The van der Waals surface area contributed by atoms with Crippen LogP contribution in [-0.4, -0.2) is 59.6 Å². The molecule has 8 rings (SSSR count). The first-order valence-electron chi connectivity index (χ1n) is 20.1. The second kappa shape index (κ2) is 18.1. The van der Waals surface area contributed by atoms with Gasteiger partial charge in [0.05, 0.1) is 6.17 Å². The van der Waals surface area contributed by atoms with Crippen molar-refractivity contribution in [1.82, 2.24) is 15.2 Å². The molecule has 0 radical (unpaired) electrons. The molecule has 8 nitrogen and oxygen atoms in total. The number of aryl methyl sites for hydroxylation is 1. The molecule has 0 amide bonds. The van der Waals surface area contributed by atoms with Crippen LogP contribution in [0.2, 0.25) is 0 Å². The molecule has 0 saturated heterocycles. The molecule has 1 aromatic heterocycles. The number of benzene rings is 5. The lowest BCUT2D eigenvalue weighted by Gasteiger charge is -2.38. The van der Waals surface area contributed by atoms with Gasteiger partial charge in [-0.25, -0.2) is 0 Å². The number of para-hydroxylation sites is 1. The Hall–Kier alpha value is -5.28. The Bertz CT molecular complexity index is 2160. The number of hydrogen-bond donors (Lipinski definition) is 3. The van der Waals surface area contributed by atoms with E-state index in [2.05, 4.69) is 89.0 Å².